The molecule has 4 aliphatic rings. The predicted octanol–water partition coefficient (Wildman–Crippen LogP) is 5.08. The average Bonchev–Trinajstić information content (AvgIpc) is 3.61. The van der Waals surface area contributed by atoms with Crippen molar-refractivity contribution in [2.45, 2.75) is 50.5 Å². The first-order valence-corrected chi connectivity index (χ1v) is 13.8. The number of pyridine rings is 1. The van der Waals surface area contributed by atoms with Gasteiger partial charge in [-0.15, -0.1) is 0 Å². The van der Waals surface area contributed by atoms with Crippen molar-refractivity contribution in [1.29, 1.82) is 0 Å². The number of hydrogen-bond donors (Lipinski definition) is 0. The lowest BCUT2D eigenvalue weighted by Gasteiger charge is -2.34. The first-order valence-electron chi connectivity index (χ1n) is 13.8. The molecule has 0 N–H and O–H groups in total. The normalized spacial score (nSPS) is 24.5. The van der Waals surface area contributed by atoms with E-state index in [4.69, 9.17) is 14.5 Å². The fraction of sp³-hybridized carbons (Fsp3) is 0.552. The van der Waals surface area contributed by atoms with Crippen LogP contribution in [-0.2, 0) is 0 Å². The standard InChI is InChI=1S/C29H34FN5O2/c1-36-23-7-3-2-6-21(23)25-24(30)26-22(15-31-25)27(34-16-19-8-9-20(14-19)17-34)33-28(32-26)37-18-29-10-4-12-35(29)13-5-11-29/h2-3,6-7,15,19-20H,4-5,8-14,16-18H2,1H3. The van der Waals surface area contributed by atoms with Gasteiger partial charge in [0.15, 0.2) is 5.82 Å². The van der Waals surface area contributed by atoms with Crippen molar-refractivity contribution in [2.75, 3.05) is 44.8 Å². The lowest BCUT2D eigenvalue weighted by atomic mass is 9.95. The monoisotopic (exact) mass is 503 g/mol. The molecule has 1 saturated carbocycles. The van der Waals surface area contributed by atoms with Gasteiger partial charge in [-0.2, -0.15) is 9.97 Å². The molecule has 1 aliphatic carbocycles. The van der Waals surface area contributed by atoms with E-state index < -0.39 is 5.82 Å². The number of hydrogen-bond acceptors (Lipinski definition) is 7. The second-order valence-electron chi connectivity index (χ2n) is 11.4. The summed E-state index contributed by atoms with van der Waals surface area (Å²) in [6.45, 7) is 4.69. The Bertz CT molecular complexity index is 1310. The SMILES string of the molecule is COc1ccccc1-c1ncc2c(N3CC4CCC(C4)C3)nc(OCC34CCCN3CCC4)nc2c1F. The zero-order valence-electron chi connectivity index (χ0n) is 21.5. The first kappa shape index (κ1) is 23.1. The molecule has 2 bridgehead atoms. The van der Waals surface area contributed by atoms with E-state index >= 15 is 4.39 Å². The van der Waals surface area contributed by atoms with Gasteiger partial charge >= 0.3 is 6.01 Å². The molecule has 3 saturated heterocycles. The minimum Gasteiger partial charge on any atom is -0.496 e. The number of halogens is 1. The molecule has 37 heavy (non-hydrogen) atoms. The van der Waals surface area contributed by atoms with Crippen molar-refractivity contribution in [3.8, 4) is 23.0 Å². The molecule has 3 aromatic rings. The highest BCUT2D eigenvalue weighted by molar-refractivity contribution is 5.92. The summed E-state index contributed by atoms with van der Waals surface area (Å²) >= 11 is 0. The fourth-order valence-corrected chi connectivity index (χ4v) is 7.40. The number of ether oxygens (including phenoxy) is 2. The highest BCUT2D eigenvalue weighted by atomic mass is 19.1. The van der Waals surface area contributed by atoms with E-state index in [-0.39, 0.29) is 22.8 Å². The summed E-state index contributed by atoms with van der Waals surface area (Å²) < 4.78 is 28.1. The van der Waals surface area contributed by atoms with Crippen LogP contribution in [0.2, 0.25) is 0 Å². The third kappa shape index (κ3) is 3.92. The Morgan fingerprint density at radius 2 is 1.81 bits per heavy atom. The Hall–Kier alpha value is -3.00. The predicted molar refractivity (Wildman–Crippen MR) is 141 cm³/mol. The van der Waals surface area contributed by atoms with Gasteiger partial charge in [-0.3, -0.25) is 9.88 Å². The molecule has 0 radical (unpaired) electrons. The third-order valence-electron chi connectivity index (χ3n) is 9.19. The van der Waals surface area contributed by atoms with E-state index in [9.17, 15) is 0 Å². The summed E-state index contributed by atoms with van der Waals surface area (Å²) in [7, 11) is 1.59. The van der Waals surface area contributed by atoms with Crippen LogP contribution in [0.3, 0.4) is 0 Å². The maximum Gasteiger partial charge on any atom is 0.319 e. The number of methoxy groups -OCH3 is 1. The van der Waals surface area contributed by atoms with Crippen LogP contribution in [0.25, 0.3) is 22.2 Å². The van der Waals surface area contributed by atoms with E-state index in [0.717, 1.165) is 44.8 Å². The molecule has 2 unspecified atom stereocenters. The number of benzene rings is 1. The van der Waals surface area contributed by atoms with Crippen molar-refractivity contribution in [2.24, 2.45) is 11.8 Å². The van der Waals surface area contributed by atoms with E-state index in [1.54, 1.807) is 13.3 Å². The number of piperidine rings is 1. The zero-order chi connectivity index (χ0) is 25.0. The van der Waals surface area contributed by atoms with Crippen LogP contribution >= 0.6 is 0 Å². The third-order valence-corrected chi connectivity index (χ3v) is 9.19. The number of nitrogens with zero attached hydrogens (tertiary/aromatic N) is 5. The van der Waals surface area contributed by atoms with Crippen LogP contribution in [-0.4, -0.2) is 65.3 Å². The van der Waals surface area contributed by atoms with Crippen molar-refractivity contribution in [3.05, 3.63) is 36.3 Å². The van der Waals surface area contributed by atoms with Gasteiger partial charge in [-0.1, -0.05) is 12.1 Å². The lowest BCUT2D eigenvalue weighted by Crippen LogP contribution is -2.43. The van der Waals surface area contributed by atoms with Gasteiger partial charge in [0, 0.05) is 24.8 Å². The maximum atomic E-state index is 16.2. The van der Waals surface area contributed by atoms with E-state index in [2.05, 4.69) is 19.8 Å². The summed E-state index contributed by atoms with van der Waals surface area (Å²) in [5.41, 5.74) is 1.17. The quantitative estimate of drug-likeness (QED) is 0.465. The summed E-state index contributed by atoms with van der Waals surface area (Å²) in [4.78, 5) is 19.0. The first-order chi connectivity index (χ1) is 18.1. The van der Waals surface area contributed by atoms with Crippen molar-refractivity contribution in [1.82, 2.24) is 19.9 Å². The minimum atomic E-state index is -0.461. The summed E-state index contributed by atoms with van der Waals surface area (Å²) in [5.74, 6) is 2.21. The topological polar surface area (TPSA) is 63.6 Å². The smallest absolute Gasteiger partial charge is 0.319 e. The molecule has 1 aromatic carbocycles. The van der Waals surface area contributed by atoms with Gasteiger partial charge in [0.05, 0.1) is 18.0 Å². The molecular weight excluding hydrogens is 469 g/mol. The highest BCUT2D eigenvalue weighted by Crippen LogP contribution is 2.42. The van der Waals surface area contributed by atoms with Crippen molar-refractivity contribution >= 4 is 16.7 Å². The highest BCUT2D eigenvalue weighted by Gasteiger charge is 2.45. The number of rotatable bonds is 6. The molecular formula is C29H34FN5O2. The largest absolute Gasteiger partial charge is 0.496 e. The van der Waals surface area contributed by atoms with Crippen molar-refractivity contribution in [3.63, 3.8) is 0 Å². The van der Waals surface area contributed by atoms with Gasteiger partial charge in [0.25, 0.3) is 0 Å². The Labute approximate surface area is 217 Å². The van der Waals surface area contributed by atoms with E-state index in [1.807, 2.05) is 24.3 Å². The van der Waals surface area contributed by atoms with Crippen LogP contribution in [0.4, 0.5) is 10.2 Å². The van der Waals surface area contributed by atoms with Gasteiger partial charge in [0.2, 0.25) is 0 Å². The summed E-state index contributed by atoms with van der Waals surface area (Å²) in [6.07, 6.45) is 10.2. The molecule has 194 valence electrons. The van der Waals surface area contributed by atoms with Crippen LogP contribution in [0.15, 0.2) is 30.5 Å². The number of anilines is 1. The van der Waals surface area contributed by atoms with Crippen molar-refractivity contribution < 1.29 is 13.9 Å². The molecule has 4 fully saturated rings. The van der Waals surface area contributed by atoms with Crippen LogP contribution in [0.5, 0.6) is 11.8 Å². The molecule has 5 heterocycles. The number of fused-ring (bicyclic) bond motifs is 4. The molecule has 0 amide bonds. The molecule has 2 atom stereocenters. The molecule has 2 aromatic heterocycles. The minimum absolute atomic E-state index is 0.0715. The Morgan fingerprint density at radius 3 is 2.57 bits per heavy atom. The zero-order valence-corrected chi connectivity index (χ0v) is 21.5. The molecule has 0 spiro atoms. The van der Waals surface area contributed by atoms with E-state index in [1.165, 1.54) is 32.1 Å². The maximum absolute atomic E-state index is 16.2. The molecule has 8 heteroatoms. The number of aromatic nitrogens is 3. The molecule has 7 nitrogen and oxygen atoms in total. The number of para-hydroxylation sites is 1. The molecule has 7 rings (SSSR count). The lowest BCUT2D eigenvalue weighted by molar-refractivity contribution is 0.108. The Balaban J connectivity index is 1.31. The van der Waals surface area contributed by atoms with Gasteiger partial charge in [-0.25, -0.2) is 4.39 Å². The van der Waals surface area contributed by atoms with Gasteiger partial charge < -0.3 is 14.4 Å². The van der Waals surface area contributed by atoms with Gasteiger partial charge in [-0.05, 0) is 82.0 Å². The second kappa shape index (κ2) is 9.08. The van der Waals surface area contributed by atoms with Gasteiger partial charge in [0.1, 0.15) is 29.4 Å². The van der Waals surface area contributed by atoms with E-state index in [0.29, 0.717) is 35.1 Å². The fourth-order valence-electron chi connectivity index (χ4n) is 7.40. The summed E-state index contributed by atoms with van der Waals surface area (Å²) in [5, 5.41) is 0.645. The second-order valence-corrected chi connectivity index (χ2v) is 11.4. The Kier molecular flexibility index (Phi) is 5.68. The average molecular weight is 504 g/mol. The molecule has 3 aliphatic heterocycles. The van der Waals surface area contributed by atoms with Crippen LogP contribution in [0, 0.1) is 17.7 Å². The summed E-state index contributed by atoms with van der Waals surface area (Å²) in [6, 6.07) is 7.64. The van der Waals surface area contributed by atoms with Crippen LogP contribution in [0.1, 0.15) is 44.9 Å². The Morgan fingerprint density at radius 1 is 1.05 bits per heavy atom. The van der Waals surface area contributed by atoms with Crippen LogP contribution < -0.4 is 14.4 Å².